The summed E-state index contributed by atoms with van der Waals surface area (Å²) < 4.78 is 19.3. The van der Waals surface area contributed by atoms with Crippen molar-refractivity contribution in [3.05, 3.63) is 29.8 Å². The molecule has 2 heterocycles. The van der Waals surface area contributed by atoms with Crippen molar-refractivity contribution in [2.45, 2.75) is 37.8 Å². The van der Waals surface area contributed by atoms with E-state index in [-0.39, 0.29) is 5.82 Å². The summed E-state index contributed by atoms with van der Waals surface area (Å²) in [6.45, 7) is 2.66. The van der Waals surface area contributed by atoms with Crippen LogP contribution < -0.4 is 5.73 Å². The van der Waals surface area contributed by atoms with Crippen molar-refractivity contribution in [2.75, 3.05) is 6.61 Å². The monoisotopic (exact) mass is 224 g/mol. The fourth-order valence-corrected chi connectivity index (χ4v) is 2.17. The number of nitrogens with zero attached hydrogens (tertiary/aromatic N) is 1. The normalized spacial score (nSPS) is 27.7. The first kappa shape index (κ1) is 11.5. The van der Waals surface area contributed by atoms with E-state index in [1.54, 1.807) is 12.3 Å². The number of pyridine rings is 1. The molecule has 1 aliphatic heterocycles. The molecule has 2 N–H and O–H groups in total. The third-order valence-electron chi connectivity index (χ3n) is 3.30. The second kappa shape index (κ2) is 4.47. The highest BCUT2D eigenvalue weighted by Crippen LogP contribution is 2.35. The van der Waals surface area contributed by atoms with Crippen molar-refractivity contribution in [2.24, 2.45) is 5.73 Å². The molecule has 4 heteroatoms. The van der Waals surface area contributed by atoms with Gasteiger partial charge < -0.3 is 10.5 Å². The van der Waals surface area contributed by atoms with Gasteiger partial charge in [-0.05, 0) is 32.3 Å². The van der Waals surface area contributed by atoms with Crippen LogP contribution in [-0.2, 0) is 4.74 Å². The third-order valence-corrected chi connectivity index (χ3v) is 3.30. The lowest BCUT2D eigenvalue weighted by Crippen LogP contribution is -2.43. The van der Waals surface area contributed by atoms with E-state index in [0.717, 1.165) is 19.3 Å². The van der Waals surface area contributed by atoms with Gasteiger partial charge in [0, 0.05) is 18.4 Å². The van der Waals surface area contributed by atoms with E-state index in [4.69, 9.17) is 10.5 Å². The molecule has 1 aromatic rings. The summed E-state index contributed by atoms with van der Waals surface area (Å²) in [5.74, 6) is -0.356. The van der Waals surface area contributed by atoms with Gasteiger partial charge in [0.05, 0.1) is 17.8 Å². The van der Waals surface area contributed by atoms with Gasteiger partial charge in [-0.15, -0.1) is 0 Å². The van der Waals surface area contributed by atoms with Gasteiger partial charge in [0.25, 0.3) is 0 Å². The van der Waals surface area contributed by atoms with Crippen LogP contribution in [0.1, 0.15) is 37.8 Å². The lowest BCUT2D eigenvalue weighted by molar-refractivity contribution is -0.0826. The molecule has 16 heavy (non-hydrogen) atoms. The van der Waals surface area contributed by atoms with Crippen molar-refractivity contribution in [3.8, 4) is 0 Å². The molecule has 0 amide bonds. The Morgan fingerprint density at radius 2 is 2.38 bits per heavy atom. The fourth-order valence-electron chi connectivity index (χ4n) is 2.17. The van der Waals surface area contributed by atoms with Crippen molar-refractivity contribution in [1.29, 1.82) is 0 Å². The molecule has 88 valence electrons. The van der Waals surface area contributed by atoms with Gasteiger partial charge in [0.1, 0.15) is 5.82 Å². The molecule has 1 saturated heterocycles. The van der Waals surface area contributed by atoms with E-state index >= 15 is 0 Å². The first-order chi connectivity index (χ1) is 7.63. The molecule has 0 aliphatic carbocycles. The Morgan fingerprint density at radius 1 is 1.56 bits per heavy atom. The number of ether oxygens (including phenoxy) is 1. The number of halogens is 1. The van der Waals surface area contributed by atoms with Gasteiger partial charge in [-0.3, -0.25) is 4.98 Å². The zero-order valence-electron chi connectivity index (χ0n) is 9.45. The summed E-state index contributed by atoms with van der Waals surface area (Å²) in [5, 5.41) is 0. The Bertz CT molecular complexity index is 364. The maximum atomic E-state index is 13.6. The quantitative estimate of drug-likeness (QED) is 0.837. The van der Waals surface area contributed by atoms with E-state index in [1.165, 1.54) is 6.20 Å². The standard InChI is InChI=1S/C12H17FN2O/c1-12(5-2-3-7-16-12)11(14)9-4-6-15-8-10(9)13/h4,6,8,11H,2-3,5,7,14H2,1H3. The lowest BCUT2D eigenvalue weighted by atomic mass is 9.85. The van der Waals surface area contributed by atoms with Crippen molar-refractivity contribution in [3.63, 3.8) is 0 Å². The zero-order chi connectivity index (χ0) is 11.6. The van der Waals surface area contributed by atoms with E-state index in [2.05, 4.69) is 4.98 Å². The smallest absolute Gasteiger partial charge is 0.146 e. The second-order valence-corrected chi connectivity index (χ2v) is 4.49. The largest absolute Gasteiger partial charge is 0.373 e. The minimum atomic E-state index is -0.458. The molecule has 0 bridgehead atoms. The average molecular weight is 224 g/mol. The van der Waals surface area contributed by atoms with Crippen LogP contribution in [0.2, 0.25) is 0 Å². The summed E-state index contributed by atoms with van der Waals surface area (Å²) >= 11 is 0. The number of hydrogen-bond acceptors (Lipinski definition) is 3. The molecule has 0 radical (unpaired) electrons. The Hall–Kier alpha value is -1.00. The molecular formula is C12H17FN2O. The SMILES string of the molecule is CC1(C(N)c2ccncc2F)CCCCO1. The van der Waals surface area contributed by atoms with Crippen LogP contribution in [-0.4, -0.2) is 17.2 Å². The van der Waals surface area contributed by atoms with Crippen LogP contribution in [0.4, 0.5) is 4.39 Å². The Labute approximate surface area is 94.8 Å². The van der Waals surface area contributed by atoms with E-state index in [0.29, 0.717) is 12.2 Å². The Kier molecular flexibility index (Phi) is 3.21. The maximum absolute atomic E-state index is 13.6. The molecule has 0 saturated carbocycles. The van der Waals surface area contributed by atoms with E-state index in [9.17, 15) is 4.39 Å². The van der Waals surface area contributed by atoms with Gasteiger partial charge in [-0.1, -0.05) is 0 Å². The maximum Gasteiger partial charge on any atom is 0.146 e. The Morgan fingerprint density at radius 3 is 3.00 bits per heavy atom. The average Bonchev–Trinajstić information content (AvgIpc) is 2.30. The molecule has 2 unspecified atom stereocenters. The molecule has 0 spiro atoms. The fraction of sp³-hybridized carbons (Fsp3) is 0.583. The first-order valence-corrected chi connectivity index (χ1v) is 5.62. The molecule has 1 aliphatic rings. The number of hydrogen-bond donors (Lipinski definition) is 1. The van der Waals surface area contributed by atoms with E-state index in [1.807, 2.05) is 6.92 Å². The van der Waals surface area contributed by atoms with Crippen molar-refractivity contribution >= 4 is 0 Å². The van der Waals surface area contributed by atoms with Gasteiger partial charge in [-0.2, -0.15) is 0 Å². The van der Waals surface area contributed by atoms with Crippen LogP contribution in [0.15, 0.2) is 18.5 Å². The summed E-state index contributed by atoms with van der Waals surface area (Å²) in [4.78, 5) is 3.72. The molecular weight excluding hydrogens is 207 g/mol. The van der Waals surface area contributed by atoms with Crippen LogP contribution in [0.5, 0.6) is 0 Å². The van der Waals surface area contributed by atoms with Crippen molar-refractivity contribution < 1.29 is 9.13 Å². The predicted octanol–water partition coefficient (Wildman–Crippen LogP) is 2.18. The summed E-state index contributed by atoms with van der Waals surface area (Å²) in [6, 6.07) is 1.19. The highest BCUT2D eigenvalue weighted by Gasteiger charge is 2.36. The minimum Gasteiger partial charge on any atom is -0.373 e. The van der Waals surface area contributed by atoms with Crippen molar-refractivity contribution in [1.82, 2.24) is 4.98 Å². The van der Waals surface area contributed by atoms with Gasteiger partial charge >= 0.3 is 0 Å². The molecule has 2 rings (SSSR count). The van der Waals surface area contributed by atoms with E-state index < -0.39 is 11.6 Å². The molecule has 3 nitrogen and oxygen atoms in total. The molecule has 1 aromatic heterocycles. The second-order valence-electron chi connectivity index (χ2n) is 4.49. The predicted molar refractivity (Wildman–Crippen MR) is 59.3 cm³/mol. The summed E-state index contributed by atoms with van der Waals surface area (Å²) in [6.07, 6.45) is 5.76. The topological polar surface area (TPSA) is 48.1 Å². The number of aromatic nitrogens is 1. The van der Waals surface area contributed by atoms with Gasteiger partial charge in [0.15, 0.2) is 0 Å². The van der Waals surface area contributed by atoms with Crippen LogP contribution in [0.25, 0.3) is 0 Å². The molecule has 0 aromatic carbocycles. The summed E-state index contributed by atoms with van der Waals surface area (Å²) in [7, 11) is 0. The van der Waals surface area contributed by atoms with Gasteiger partial charge in [-0.25, -0.2) is 4.39 Å². The molecule has 2 atom stereocenters. The van der Waals surface area contributed by atoms with Crippen LogP contribution >= 0.6 is 0 Å². The van der Waals surface area contributed by atoms with Crippen LogP contribution in [0.3, 0.4) is 0 Å². The third kappa shape index (κ3) is 2.08. The van der Waals surface area contributed by atoms with Gasteiger partial charge in [0.2, 0.25) is 0 Å². The Balaban J connectivity index is 2.24. The number of nitrogens with two attached hydrogens (primary N) is 1. The van der Waals surface area contributed by atoms with Crippen LogP contribution in [0, 0.1) is 5.82 Å². The highest BCUT2D eigenvalue weighted by atomic mass is 19.1. The zero-order valence-corrected chi connectivity index (χ0v) is 9.45. The summed E-state index contributed by atoms with van der Waals surface area (Å²) in [5.41, 5.74) is 6.14. The molecule has 1 fully saturated rings. The first-order valence-electron chi connectivity index (χ1n) is 5.62. The lowest BCUT2D eigenvalue weighted by Gasteiger charge is -2.38. The minimum absolute atomic E-state index is 0.356. The number of rotatable bonds is 2. The highest BCUT2D eigenvalue weighted by molar-refractivity contribution is 5.20.